The largest absolute Gasteiger partial charge is 0.296 e. The molecule has 0 aliphatic carbocycles. The first kappa shape index (κ1) is 17.3. The number of rotatable bonds is 8. The van der Waals surface area contributed by atoms with Crippen molar-refractivity contribution >= 4 is 22.4 Å². The number of amides is 1. The highest BCUT2D eigenvalue weighted by molar-refractivity contribution is 7.15. The van der Waals surface area contributed by atoms with Gasteiger partial charge in [0.15, 0.2) is 0 Å². The van der Waals surface area contributed by atoms with Crippen LogP contribution in [0.15, 0.2) is 42.7 Å². The van der Waals surface area contributed by atoms with Gasteiger partial charge in [0, 0.05) is 24.4 Å². The van der Waals surface area contributed by atoms with Gasteiger partial charge in [0.25, 0.3) is 5.91 Å². The smallest absolute Gasteiger partial charge is 0.257 e. The minimum absolute atomic E-state index is 0.165. The lowest BCUT2D eigenvalue weighted by molar-refractivity contribution is 0.102. The Hall–Kier alpha value is -2.54. The van der Waals surface area contributed by atoms with Crippen LogP contribution in [0.25, 0.3) is 0 Å². The molecule has 130 valence electrons. The van der Waals surface area contributed by atoms with Crippen LogP contribution < -0.4 is 5.32 Å². The van der Waals surface area contributed by atoms with E-state index >= 15 is 0 Å². The SMILES string of the molecule is CCCCCc1nnc(NC(=O)c2ccc(Cn3cccn3)cc2)s1. The molecule has 2 heterocycles. The summed E-state index contributed by atoms with van der Waals surface area (Å²) >= 11 is 1.45. The molecule has 0 atom stereocenters. The zero-order valence-corrected chi connectivity index (χ0v) is 15.0. The number of benzene rings is 1. The molecule has 25 heavy (non-hydrogen) atoms. The predicted molar refractivity (Wildman–Crippen MR) is 98.9 cm³/mol. The molecule has 3 rings (SSSR count). The Bertz CT molecular complexity index is 795. The molecule has 3 aromatic rings. The Morgan fingerprint density at radius 1 is 1.20 bits per heavy atom. The Morgan fingerprint density at radius 3 is 2.76 bits per heavy atom. The van der Waals surface area contributed by atoms with Crippen molar-refractivity contribution in [2.75, 3.05) is 5.32 Å². The molecule has 0 fully saturated rings. The first-order valence-electron chi connectivity index (χ1n) is 8.44. The van der Waals surface area contributed by atoms with Crippen molar-refractivity contribution in [3.63, 3.8) is 0 Å². The Labute approximate surface area is 150 Å². The van der Waals surface area contributed by atoms with E-state index in [1.54, 1.807) is 6.20 Å². The average molecular weight is 355 g/mol. The zero-order valence-electron chi connectivity index (χ0n) is 14.2. The summed E-state index contributed by atoms with van der Waals surface area (Å²) in [4.78, 5) is 12.3. The van der Waals surface area contributed by atoms with Gasteiger partial charge in [0.05, 0.1) is 6.54 Å². The van der Waals surface area contributed by atoms with E-state index in [-0.39, 0.29) is 5.91 Å². The number of aromatic nitrogens is 4. The van der Waals surface area contributed by atoms with Crippen LogP contribution in [0.2, 0.25) is 0 Å². The summed E-state index contributed by atoms with van der Waals surface area (Å²) in [6, 6.07) is 9.40. The van der Waals surface area contributed by atoms with E-state index in [0.29, 0.717) is 17.2 Å². The summed E-state index contributed by atoms with van der Waals surface area (Å²) in [5, 5.41) is 16.7. The molecular weight excluding hydrogens is 334 g/mol. The maximum atomic E-state index is 12.3. The van der Waals surface area contributed by atoms with Crippen LogP contribution in [0.3, 0.4) is 0 Å². The van der Waals surface area contributed by atoms with Gasteiger partial charge in [0.2, 0.25) is 5.13 Å². The van der Waals surface area contributed by atoms with Gasteiger partial charge in [-0.3, -0.25) is 14.8 Å². The van der Waals surface area contributed by atoms with Gasteiger partial charge in [-0.15, -0.1) is 10.2 Å². The van der Waals surface area contributed by atoms with E-state index in [1.807, 2.05) is 41.2 Å². The monoisotopic (exact) mass is 355 g/mol. The van der Waals surface area contributed by atoms with Crippen molar-refractivity contribution < 1.29 is 4.79 Å². The molecule has 1 amide bonds. The van der Waals surface area contributed by atoms with Crippen LogP contribution in [0.1, 0.15) is 47.1 Å². The van der Waals surface area contributed by atoms with E-state index in [2.05, 4.69) is 27.5 Å². The second-order valence-corrected chi connectivity index (χ2v) is 6.87. The summed E-state index contributed by atoms with van der Waals surface area (Å²) in [7, 11) is 0. The Kier molecular flexibility index (Phi) is 5.90. The number of anilines is 1. The third kappa shape index (κ3) is 4.96. The van der Waals surface area contributed by atoms with Crippen molar-refractivity contribution in [3.8, 4) is 0 Å². The van der Waals surface area contributed by atoms with Crippen molar-refractivity contribution in [2.45, 2.75) is 39.2 Å². The minimum atomic E-state index is -0.165. The molecule has 1 N–H and O–H groups in total. The van der Waals surface area contributed by atoms with Gasteiger partial charge in [-0.05, 0) is 30.2 Å². The Morgan fingerprint density at radius 2 is 2.04 bits per heavy atom. The van der Waals surface area contributed by atoms with Gasteiger partial charge in [0.1, 0.15) is 5.01 Å². The molecule has 0 radical (unpaired) electrons. The van der Waals surface area contributed by atoms with Crippen LogP contribution in [-0.2, 0) is 13.0 Å². The molecule has 0 aliphatic rings. The van der Waals surface area contributed by atoms with Crippen LogP contribution in [0.4, 0.5) is 5.13 Å². The van der Waals surface area contributed by atoms with Crippen molar-refractivity contribution in [2.24, 2.45) is 0 Å². The summed E-state index contributed by atoms with van der Waals surface area (Å²) in [6.45, 7) is 2.86. The fourth-order valence-corrected chi connectivity index (χ4v) is 3.22. The van der Waals surface area contributed by atoms with Crippen LogP contribution >= 0.6 is 11.3 Å². The third-order valence-corrected chi connectivity index (χ3v) is 4.70. The highest BCUT2D eigenvalue weighted by Crippen LogP contribution is 2.18. The molecule has 0 saturated carbocycles. The number of unbranched alkanes of at least 4 members (excludes halogenated alkanes) is 2. The fourth-order valence-electron chi connectivity index (χ4n) is 2.44. The second-order valence-electron chi connectivity index (χ2n) is 5.81. The number of aryl methyl sites for hydroxylation is 1. The Balaban J connectivity index is 1.56. The van der Waals surface area contributed by atoms with Gasteiger partial charge in [-0.1, -0.05) is 43.2 Å². The summed E-state index contributed by atoms with van der Waals surface area (Å²) < 4.78 is 1.84. The highest BCUT2D eigenvalue weighted by atomic mass is 32.1. The van der Waals surface area contributed by atoms with E-state index in [4.69, 9.17) is 0 Å². The number of hydrogen-bond acceptors (Lipinski definition) is 5. The van der Waals surface area contributed by atoms with Crippen molar-refractivity contribution in [1.29, 1.82) is 0 Å². The van der Waals surface area contributed by atoms with Crippen LogP contribution in [0, 0.1) is 0 Å². The van der Waals surface area contributed by atoms with Crippen molar-refractivity contribution in [3.05, 3.63) is 58.9 Å². The maximum Gasteiger partial charge on any atom is 0.257 e. The zero-order chi connectivity index (χ0) is 17.5. The van der Waals surface area contributed by atoms with E-state index in [1.165, 1.54) is 24.2 Å². The predicted octanol–water partition coefficient (Wildman–Crippen LogP) is 3.77. The summed E-state index contributed by atoms with van der Waals surface area (Å²) in [5.74, 6) is -0.165. The first-order chi connectivity index (χ1) is 12.2. The van der Waals surface area contributed by atoms with Crippen LogP contribution in [0.5, 0.6) is 0 Å². The molecular formula is C18H21N5OS. The summed E-state index contributed by atoms with van der Waals surface area (Å²) in [5.41, 5.74) is 1.70. The van der Waals surface area contributed by atoms with E-state index in [9.17, 15) is 4.79 Å². The van der Waals surface area contributed by atoms with Gasteiger partial charge >= 0.3 is 0 Å². The topological polar surface area (TPSA) is 72.7 Å². The fraction of sp³-hybridized carbons (Fsp3) is 0.333. The van der Waals surface area contributed by atoms with Crippen LogP contribution in [-0.4, -0.2) is 25.9 Å². The maximum absolute atomic E-state index is 12.3. The molecule has 0 saturated heterocycles. The van der Waals surface area contributed by atoms with E-state index < -0.39 is 0 Å². The van der Waals surface area contributed by atoms with Crippen molar-refractivity contribution in [1.82, 2.24) is 20.0 Å². The average Bonchev–Trinajstić information content (AvgIpc) is 3.28. The number of carbonyl (C=O) groups excluding carboxylic acids is 1. The quantitative estimate of drug-likeness (QED) is 0.624. The highest BCUT2D eigenvalue weighted by Gasteiger charge is 2.10. The molecule has 0 aliphatic heterocycles. The second kappa shape index (κ2) is 8.53. The lowest BCUT2D eigenvalue weighted by Gasteiger charge is -2.04. The first-order valence-corrected chi connectivity index (χ1v) is 9.26. The minimum Gasteiger partial charge on any atom is -0.296 e. The standard InChI is InChI=1S/C18H21N5OS/c1-2-3-4-6-16-21-22-18(25-16)20-17(24)15-9-7-14(8-10-15)13-23-12-5-11-19-23/h5,7-12H,2-4,6,13H2,1H3,(H,20,22,24). The lowest BCUT2D eigenvalue weighted by Crippen LogP contribution is -2.11. The van der Waals surface area contributed by atoms with Gasteiger partial charge in [-0.2, -0.15) is 5.10 Å². The van der Waals surface area contributed by atoms with Gasteiger partial charge in [-0.25, -0.2) is 0 Å². The molecule has 0 bridgehead atoms. The lowest BCUT2D eigenvalue weighted by atomic mass is 10.1. The molecule has 1 aromatic carbocycles. The molecule has 0 spiro atoms. The molecule has 2 aromatic heterocycles. The molecule has 7 heteroatoms. The summed E-state index contributed by atoms with van der Waals surface area (Å²) in [6.07, 6.45) is 8.06. The number of hydrogen-bond donors (Lipinski definition) is 1. The third-order valence-electron chi connectivity index (χ3n) is 3.80. The molecule has 0 unspecified atom stereocenters. The number of nitrogens with zero attached hydrogens (tertiary/aromatic N) is 4. The van der Waals surface area contributed by atoms with E-state index in [0.717, 1.165) is 23.4 Å². The number of carbonyl (C=O) groups is 1. The number of nitrogens with one attached hydrogen (secondary N) is 1. The van der Waals surface area contributed by atoms with Gasteiger partial charge < -0.3 is 0 Å². The molecule has 6 nitrogen and oxygen atoms in total. The normalized spacial score (nSPS) is 10.8.